The molecule has 0 spiro atoms. The van der Waals surface area contributed by atoms with E-state index >= 15 is 0 Å². The lowest BCUT2D eigenvalue weighted by molar-refractivity contribution is 0.162. The molecule has 60 valence electrons. The van der Waals surface area contributed by atoms with Crippen molar-refractivity contribution in [2.24, 2.45) is 4.99 Å². The molecule has 10 heavy (non-hydrogen) atoms. The summed E-state index contributed by atoms with van der Waals surface area (Å²) in [6.45, 7) is 7.29. The van der Waals surface area contributed by atoms with Crippen LogP contribution in [0.1, 0.15) is 13.8 Å². The van der Waals surface area contributed by atoms with Gasteiger partial charge in [-0.05, 0) is 13.8 Å². The lowest BCUT2D eigenvalue weighted by Crippen LogP contribution is -1.84. The molecule has 1 aliphatic rings. The molecular formula is C7H15NO2. The highest BCUT2D eigenvalue weighted by Gasteiger charge is 1.84. The predicted octanol–water partition coefficient (Wildman–Crippen LogP) is 1.09. The van der Waals surface area contributed by atoms with Crippen LogP contribution in [-0.2, 0) is 9.47 Å². The first-order valence-electron chi connectivity index (χ1n) is 3.59. The van der Waals surface area contributed by atoms with E-state index in [9.17, 15) is 0 Å². The van der Waals surface area contributed by atoms with E-state index in [4.69, 9.17) is 4.74 Å². The standard InChI is InChI=1S/C4H10O.C3H5NO/c1-3-5-4-2;1-2-5-3-4-1/h3-4H2,1-2H3;3H,1-2H2. The van der Waals surface area contributed by atoms with Gasteiger partial charge in [0.15, 0.2) is 6.40 Å². The van der Waals surface area contributed by atoms with Crippen LogP contribution in [0.25, 0.3) is 0 Å². The van der Waals surface area contributed by atoms with Crippen LogP contribution in [0.15, 0.2) is 4.99 Å². The van der Waals surface area contributed by atoms with Gasteiger partial charge in [0.25, 0.3) is 0 Å². The molecular weight excluding hydrogens is 130 g/mol. The zero-order chi connectivity index (χ0) is 7.66. The Morgan fingerprint density at radius 3 is 2.30 bits per heavy atom. The molecule has 0 aliphatic carbocycles. The lowest BCUT2D eigenvalue weighted by atomic mass is 10.8. The maximum atomic E-state index is 4.83. The molecule has 0 N–H and O–H groups in total. The molecule has 0 radical (unpaired) electrons. The van der Waals surface area contributed by atoms with Crippen LogP contribution >= 0.6 is 0 Å². The first-order chi connectivity index (χ1) is 4.91. The van der Waals surface area contributed by atoms with E-state index in [1.807, 2.05) is 13.8 Å². The van der Waals surface area contributed by atoms with Gasteiger partial charge < -0.3 is 9.47 Å². The highest BCUT2D eigenvalue weighted by atomic mass is 16.5. The minimum absolute atomic E-state index is 0.778. The Bertz CT molecular complexity index is 75.7. The molecule has 0 bridgehead atoms. The van der Waals surface area contributed by atoms with Crippen molar-refractivity contribution in [1.82, 2.24) is 0 Å². The SMILES string of the molecule is C1=NCCO1.CCOCC. The number of nitrogens with zero attached hydrogens (tertiary/aromatic N) is 1. The quantitative estimate of drug-likeness (QED) is 0.582. The summed E-state index contributed by atoms with van der Waals surface area (Å²) in [5, 5.41) is 0. The average molecular weight is 145 g/mol. The summed E-state index contributed by atoms with van der Waals surface area (Å²) in [5.74, 6) is 0. The second-order valence-electron chi connectivity index (χ2n) is 1.66. The molecule has 3 nitrogen and oxygen atoms in total. The molecule has 0 fully saturated rings. The van der Waals surface area contributed by atoms with E-state index in [1.165, 1.54) is 6.40 Å². The van der Waals surface area contributed by atoms with E-state index in [0.29, 0.717) is 0 Å². The summed E-state index contributed by atoms with van der Waals surface area (Å²) >= 11 is 0. The summed E-state index contributed by atoms with van der Waals surface area (Å²) in [5.41, 5.74) is 0. The van der Waals surface area contributed by atoms with Gasteiger partial charge >= 0.3 is 0 Å². The molecule has 1 heterocycles. The number of hydrogen-bond donors (Lipinski definition) is 0. The number of rotatable bonds is 2. The number of aliphatic imine (C=N–C) groups is 1. The summed E-state index contributed by atoms with van der Waals surface area (Å²) in [4.78, 5) is 3.74. The van der Waals surface area contributed by atoms with Crippen LogP contribution in [0.5, 0.6) is 0 Å². The van der Waals surface area contributed by atoms with E-state index < -0.39 is 0 Å². The highest BCUT2D eigenvalue weighted by molar-refractivity contribution is 5.47. The second-order valence-corrected chi connectivity index (χ2v) is 1.66. The lowest BCUT2D eigenvalue weighted by Gasteiger charge is -1.86. The van der Waals surface area contributed by atoms with Crippen molar-refractivity contribution in [1.29, 1.82) is 0 Å². The molecule has 0 aromatic carbocycles. The van der Waals surface area contributed by atoms with E-state index in [0.717, 1.165) is 26.4 Å². The Labute approximate surface area is 62.1 Å². The highest BCUT2D eigenvalue weighted by Crippen LogP contribution is 1.78. The zero-order valence-electron chi connectivity index (χ0n) is 6.67. The topological polar surface area (TPSA) is 30.8 Å². The van der Waals surface area contributed by atoms with Crippen molar-refractivity contribution in [3.8, 4) is 0 Å². The van der Waals surface area contributed by atoms with Crippen LogP contribution < -0.4 is 0 Å². The first kappa shape index (κ1) is 9.43. The average Bonchev–Trinajstić information content (AvgIpc) is 2.44. The van der Waals surface area contributed by atoms with Gasteiger partial charge in [0.05, 0.1) is 6.54 Å². The van der Waals surface area contributed by atoms with Gasteiger partial charge in [0.1, 0.15) is 6.61 Å². The van der Waals surface area contributed by atoms with Crippen LogP contribution in [0.4, 0.5) is 0 Å². The van der Waals surface area contributed by atoms with Crippen LogP contribution in [0.2, 0.25) is 0 Å². The molecule has 0 aromatic rings. The molecule has 0 atom stereocenters. The third kappa shape index (κ3) is 7.43. The van der Waals surface area contributed by atoms with Crippen LogP contribution in [-0.4, -0.2) is 32.8 Å². The van der Waals surface area contributed by atoms with Gasteiger partial charge in [-0.1, -0.05) is 0 Å². The van der Waals surface area contributed by atoms with Crippen molar-refractivity contribution in [3.05, 3.63) is 0 Å². The maximum Gasteiger partial charge on any atom is 0.169 e. The van der Waals surface area contributed by atoms with E-state index in [-0.39, 0.29) is 0 Å². The second kappa shape index (κ2) is 8.43. The van der Waals surface area contributed by atoms with Gasteiger partial charge in [-0.2, -0.15) is 0 Å². The minimum Gasteiger partial charge on any atom is -0.482 e. The normalized spacial score (nSPS) is 13.8. The predicted molar refractivity (Wildman–Crippen MR) is 41.5 cm³/mol. The Kier molecular flexibility index (Phi) is 7.95. The molecule has 3 heteroatoms. The molecule has 1 aliphatic heterocycles. The summed E-state index contributed by atoms with van der Waals surface area (Å²) in [7, 11) is 0. The fourth-order valence-corrected chi connectivity index (χ4v) is 0.468. The van der Waals surface area contributed by atoms with Gasteiger partial charge in [-0.15, -0.1) is 0 Å². The zero-order valence-corrected chi connectivity index (χ0v) is 6.67. The molecule has 0 amide bonds. The molecule has 0 saturated heterocycles. The number of hydrogen-bond acceptors (Lipinski definition) is 3. The molecule has 0 unspecified atom stereocenters. The van der Waals surface area contributed by atoms with Crippen molar-refractivity contribution in [3.63, 3.8) is 0 Å². The summed E-state index contributed by atoms with van der Waals surface area (Å²) < 4.78 is 9.49. The fraction of sp³-hybridized carbons (Fsp3) is 0.857. The van der Waals surface area contributed by atoms with Gasteiger partial charge in [0.2, 0.25) is 0 Å². The van der Waals surface area contributed by atoms with Gasteiger partial charge in [0, 0.05) is 13.2 Å². The molecule has 1 rings (SSSR count). The van der Waals surface area contributed by atoms with Crippen molar-refractivity contribution >= 4 is 6.40 Å². The fourth-order valence-electron chi connectivity index (χ4n) is 0.468. The van der Waals surface area contributed by atoms with Crippen LogP contribution in [0.3, 0.4) is 0 Å². The molecule has 0 aromatic heterocycles. The van der Waals surface area contributed by atoms with Crippen LogP contribution in [0, 0.1) is 0 Å². The largest absolute Gasteiger partial charge is 0.482 e. The van der Waals surface area contributed by atoms with Crippen molar-refractivity contribution in [2.45, 2.75) is 13.8 Å². The minimum atomic E-state index is 0.778. The molecule has 0 saturated carbocycles. The number of ether oxygens (including phenoxy) is 2. The Morgan fingerprint density at radius 1 is 1.50 bits per heavy atom. The van der Waals surface area contributed by atoms with Crippen molar-refractivity contribution < 1.29 is 9.47 Å². The van der Waals surface area contributed by atoms with Gasteiger partial charge in [-0.25, -0.2) is 0 Å². The monoisotopic (exact) mass is 145 g/mol. The third-order valence-corrected chi connectivity index (χ3v) is 0.896. The van der Waals surface area contributed by atoms with E-state index in [1.54, 1.807) is 0 Å². The third-order valence-electron chi connectivity index (χ3n) is 0.896. The maximum absolute atomic E-state index is 4.83. The van der Waals surface area contributed by atoms with E-state index in [2.05, 4.69) is 9.73 Å². The van der Waals surface area contributed by atoms with Crippen molar-refractivity contribution in [2.75, 3.05) is 26.4 Å². The smallest absolute Gasteiger partial charge is 0.169 e. The Balaban J connectivity index is 0.000000162. The Morgan fingerprint density at radius 2 is 2.20 bits per heavy atom. The Hall–Kier alpha value is -0.570. The summed E-state index contributed by atoms with van der Waals surface area (Å²) in [6, 6.07) is 0. The summed E-state index contributed by atoms with van der Waals surface area (Å²) in [6.07, 6.45) is 1.49. The van der Waals surface area contributed by atoms with Gasteiger partial charge in [-0.3, -0.25) is 4.99 Å². The first-order valence-corrected chi connectivity index (χ1v) is 3.59.